The number of aliphatic hydroxyl groups is 1. The van der Waals surface area contributed by atoms with Crippen molar-refractivity contribution in [1.82, 2.24) is 20.2 Å². The van der Waals surface area contributed by atoms with Gasteiger partial charge in [-0.25, -0.2) is 14.6 Å². The lowest BCUT2D eigenvalue weighted by atomic mass is 10.1. The lowest BCUT2D eigenvalue weighted by Crippen LogP contribution is -2.51. The number of hydrogen-bond donors (Lipinski definition) is 4. The highest BCUT2D eigenvalue weighted by molar-refractivity contribution is 5.82. The molecule has 1 fully saturated rings. The smallest absolute Gasteiger partial charge is 0.326 e. The van der Waals surface area contributed by atoms with E-state index in [0.717, 1.165) is 0 Å². The maximum atomic E-state index is 12.0. The number of nitrogens with one attached hydrogen (secondary N) is 2. The molecule has 8 heteroatoms. The predicted octanol–water partition coefficient (Wildman–Crippen LogP) is -0.428. The third-order valence-electron chi connectivity index (χ3n) is 3.33. The zero-order valence-corrected chi connectivity index (χ0v) is 11.0. The Balaban J connectivity index is 1.90. The molecule has 0 radical (unpaired) electrons. The lowest BCUT2D eigenvalue weighted by Gasteiger charge is -2.30. The van der Waals surface area contributed by atoms with Gasteiger partial charge in [-0.3, -0.25) is 0 Å². The van der Waals surface area contributed by atoms with E-state index in [4.69, 9.17) is 5.11 Å². The van der Waals surface area contributed by atoms with Gasteiger partial charge in [0.1, 0.15) is 6.04 Å². The summed E-state index contributed by atoms with van der Waals surface area (Å²) in [5, 5.41) is 21.0. The van der Waals surface area contributed by atoms with Crippen LogP contribution in [-0.4, -0.2) is 62.3 Å². The van der Waals surface area contributed by atoms with Gasteiger partial charge in [0.05, 0.1) is 12.4 Å². The quantitative estimate of drug-likeness (QED) is 0.597. The minimum Gasteiger partial charge on any atom is -0.480 e. The number of aromatic nitrogens is 2. The molecule has 2 amide bonds. The second-order valence-corrected chi connectivity index (χ2v) is 4.84. The predicted molar refractivity (Wildman–Crippen MR) is 69.1 cm³/mol. The van der Waals surface area contributed by atoms with Crippen LogP contribution in [0.2, 0.25) is 0 Å². The molecular weight excluding hydrogens is 264 g/mol. The number of piperidine rings is 1. The Hall–Kier alpha value is -2.09. The highest BCUT2D eigenvalue weighted by Crippen LogP contribution is 2.10. The summed E-state index contributed by atoms with van der Waals surface area (Å²) in [6, 6.07) is -1.42. The highest BCUT2D eigenvalue weighted by atomic mass is 16.4. The molecule has 20 heavy (non-hydrogen) atoms. The van der Waals surface area contributed by atoms with E-state index in [-0.39, 0.29) is 12.5 Å². The fourth-order valence-electron chi connectivity index (χ4n) is 2.13. The third-order valence-corrected chi connectivity index (χ3v) is 3.33. The molecule has 1 aromatic rings. The molecule has 1 aliphatic rings. The van der Waals surface area contributed by atoms with Crippen molar-refractivity contribution in [3.8, 4) is 0 Å². The first-order valence-corrected chi connectivity index (χ1v) is 6.50. The fourth-order valence-corrected chi connectivity index (χ4v) is 2.13. The molecule has 2 heterocycles. The van der Waals surface area contributed by atoms with Crippen molar-refractivity contribution in [3.05, 3.63) is 18.2 Å². The second-order valence-electron chi connectivity index (χ2n) is 4.84. The number of carboxylic acids is 1. The van der Waals surface area contributed by atoms with Crippen molar-refractivity contribution in [1.29, 1.82) is 0 Å². The Kier molecular flexibility index (Phi) is 4.57. The number of H-pyrrole nitrogens is 1. The number of aromatic amines is 1. The van der Waals surface area contributed by atoms with E-state index in [1.807, 2.05) is 0 Å². The number of nitrogens with zero attached hydrogens (tertiary/aromatic N) is 2. The number of aliphatic hydroxyl groups excluding tert-OH is 1. The molecular formula is C12H18N4O4. The van der Waals surface area contributed by atoms with Crippen LogP contribution in [0.1, 0.15) is 18.5 Å². The molecule has 0 spiro atoms. The SMILES string of the molecule is O=C(O)[C@@H](Cc1cnc[nH]1)NC(=O)N1CCC(O)CC1. The third kappa shape index (κ3) is 3.70. The summed E-state index contributed by atoms with van der Waals surface area (Å²) in [6.45, 7) is 0.868. The summed E-state index contributed by atoms with van der Waals surface area (Å²) < 4.78 is 0. The van der Waals surface area contributed by atoms with E-state index in [1.54, 1.807) is 0 Å². The zero-order valence-electron chi connectivity index (χ0n) is 11.0. The van der Waals surface area contributed by atoms with Gasteiger partial charge in [0.2, 0.25) is 0 Å². The van der Waals surface area contributed by atoms with Gasteiger partial charge in [0.25, 0.3) is 0 Å². The lowest BCUT2D eigenvalue weighted by molar-refractivity contribution is -0.139. The van der Waals surface area contributed by atoms with Gasteiger partial charge >= 0.3 is 12.0 Å². The minimum absolute atomic E-state index is 0.150. The first-order valence-electron chi connectivity index (χ1n) is 6.50. The van der Waals surface area contributed by atoms with Gasteiger partial charge in [0.15, 0.2) is 0 Å². The van der Waals surface area contributed by atoms with Crippen molar-refractivity contribution in [3.63, 3.8) is 0 Å². The van der Waals surface area contributed by atoms with Crippen molar-refractivity contribution >= 4 is 12.0 Å². The van der Waals surface area contributed by atoms with Gasteiger partial charge in [-0.1, -0.05) is 0 Å². The number of amides is 2. The molecule has 0 aliphatic carbocycles. The Labute approximate surface area is 115 Å². The summed E-state index contributed by atoms with van der Waals surface area (Å²) in [7, 11) is 0. The van der Waals surface area contributed by atoms with Gasteiger partial charge in [0, 0.05) is 31.4 Å². The van der Waals surface area contributed by atoms with Crippen LogP contribution in [0.25, 0.3) is 0 Å². The summed E-state index contributed by atoms with van der Waals surface area (Å²) in [5.74, 6) is -1.09. The first kappa shape index (κ1) is 14.3. The molecule has 0 bridgehead atoms. The standard InChI is InChI=1S/C12H18N4O4/c17-9-1-3-16(4-2-9)12(20)15-10(11(18)19)5-8-6-13-7-14-8/h6-7,9-10,17H,1-5H2,(H,13,14)(H,15,20)(H,18,19)/t10-/m1/s1. The average Bonchev–Trinajstić information content (AvgIpc) is 2.91. The van der Waals surface area contributed by atoms with Gasteiger partial charge in [-0.05, 0) is 12.8 Å². The van der Waals surface area contributed by atoms with Gasteiger partial charge in [-0.2, -0.15) is 0 Å². The Morgan fingerprint density at radius 1 is 1.50 bits per heavy atom. The first-order chi connectivity index (χ1) is 9.56. The van der Waals surface area contributed by atoms with E-state index in [0.29, 0.717) is 31.6 Å². The fraction of sp³-hybridized carbons (Fsp3) is 0.583. The summed E-state index contributed by atoms with van der Waals surface area (Å²) >= 11 is 0. The van der Waals surface area contributed by atoms with Crippen molar-refractivity contribution < 1.29 is 19.8 Å². The number of hydrogen-bond acceptors (Lipinski definition) is 4. The van der Waals surface area contributed by atoms with E-state index >= 15 is 0 Å². The molecule has 4 N–H and O–H groups in total. The van der Waals surface area contributed by atoms with E-state index in [1.165, 1.54) is 17.4 Å². The van der Waals surface area contributed by atoms with Crippen LogP contribution in [0.5, 0.6) is 0 Å². The number of aliphatic carboxylic acids is 1. The number of rotatable bonds is 4. The average molecular weight is 282 g/mol. The van der Waals surface area contributed by atoms with Gasteiger partial charge in [-0.15, -0.1) is 0 Å². The van der Waals surface area contributed by atoms with Gasteiger partial charge < -0.3 is 25.4 Å². The Morgan fingerprint density at radius 2 is 2.20 bits per heavy atom. The second kappa shape index (κ2) is 6.38. The normalized spacial score (nSPS) is 17.8. The number of carboxylic acid groups (broad SMARTS) is 1. The largest absolute Gasteiger partial charge is 0.480 e. The number of carbonyl (C=O) groups is 2. The van der Waals surface area contributed by atoms with Crippen LogP contribution >= 0.6 is 0 Å². The van der Waals surface area contributed by atoms with Crippen molar-refractivity contribution in [2.45, 2.75) is 31.4 Å². The van der Waals surface area contributed by atoms with Crippen LogP contribution in [0.3, 0.4) is 0 Å². The molecule has 1 aromatic heterocycles. The van der Waals surface area contributed by atoms with Crippen LogP contribution in [0, 0.1) is 0 Å². The number of imidazole rings is 1. The molecule has 1 saturated heterocycles. The maximum Gasteiger partial charge on any atom is 0.326 e. The molecule has 110 valence electrons. The van der Waals surface area contributed by atoms with E-state index < -0.39 is 18.0 Å². The van der Waals surface area contributed by atoms with Crippen LogP contribution in [-0.2, 0) is 11.2 Å². The van der Waals surface area contributed by atoms with Crippen LogP contribution < -0.4 is 5.32 Å². The number of carbonyl (C=O) groups excluding carboxylic acids is 1. The molecule has 0 saturated carbocycles. The molecule has 8 nitrogen and oxygen atoms in total. The van der Waals surface area contributed by atoms with E-state index in [2.05, 4.69) is 15.3 Å². The van der Waals surface area contributed by atoms with Crippen molar-refractivity contribution in [2.75, 3.05) is 13.1 Å². The van der Waals surface area contributed by atoms with Crippen molar-refractivity contribution in [2.24, 2.45) is 0 Å². The highest BCUT2D eigenvalue weighted by Gasteiger charge is 2.26. The topological polar surface area (TPSA) is 119 Å². The summed E-state index contributed by atoms with van der Waals surface area (Å²) in [5.41, 5.74) is 0.645. The zero-order chi connectivity index (χ0) is 14.5. The van der Waals surface area contributed by atoms with Crippen LogP contribution in [0.15, 0.2) is 12.5 Å². The summed E-state index contributed by atoms with van der Waals surface area (Å²) in [4.78, 5) is 31.3. The molecule has 2 rings (SSSR count). The van der Waals surface area contributed by atoms with Crippen LogP contribution in [0.4, 0.5) is 4.79 Å². The summed E-state index contributed by atoms with van der Waals surface area (Å²) in [6.07, 6.45) is 3.80. The molecule has 0 aromatic carbocycles. The molecule has 1 aliphatic heterocycles. The maximum absolute atomic E-state index is 12.0. The molecule has 1 atom stereocenters. The number of urea groups is 1. The Morgan fingerprint density at radius 3 is 2.75 bits per heavy atom. The molecule has 0 unspecified atom stereocenters. The van der Waals surface area contributed by atoms with E-state index in [9.17, 15) is 14.7 Å². The Bertz CT molecular complexity index is 454. The number of likely N-dealkylation sites (tertiary alicyclic amines) is 1. The minimum atomic E-state index is -1.09. The monoisotopic (exact) mass is 282 g/mol.